The fourth-order valence-corrected chi connectivity index (χ4v) is 3.31. The standard InChI is InChI=1S/C20H28N4O/c1-16(21-12-2-5-15-25)19-10-11-20(23-22-19)17-6-8-18(9-7-17)24-13-3-4-14-24/h6,8-11,17,21,25H,1-5,7,12-15H2. The van der Waals surface area contributed by atoms with Crippen LogP contribution >= 0.6 is 0 Å². The van der Waals surface area contributed by atoms with E-state index in [0.717, 1.165) is 42.9 Å². The van der Waals surface area contributed by atoms with Crippen LogP contribution in [0.4, 0.5) is 0 Å². The second-order valence-electron chi connectivity index (χ2n) is 6.70. The maximum Gasteiger partial charge on any atom is 0.108 e. The van der Waals surface area contributed by atoms with Crippen LogP contribution in [0.3, 0.4) is 0 Å². The van der Waals surface area contributed by atoms with Crippen LogP contribution in [0, 0.1) is 0 Å². The molecular formula is C20H28N4O. The van der Waals surface area contributed by atoms with Gasteiger partial charge in [0.25, 0.3) is 0 Å². The van der Waals surface area contributed by atoms with E-state index in [1.165, 1.54) is 31.6 Å². The van der Waals surface area contributed by atoms with Crippen LogP contribution in [0.1, 0.15) is 49.4 Å². The normalized spacial score (nSPS) is 19.8. The topological polar surface area (TPSA) is 61.3 Å². The van der Waals surface area contributed by atoms with Crippen molar-refractivity contribution in [1.82, 2.24) is 20.4 Å². The summed E-state index contributed by atoms with van der Waals surface area (Å²) in [6.45, 7) is 7.40. The predicted octanol–water partition coefficient (Wildman–Crippen LogP) is 2.83. The molecule has 1 aliphatic heterocycles. The van der Waals surface area contributed by atoms with Gasteiger partial charge in [0, 0.05) is 37.9 Å². The van der Waals surface area contributed by atoms with Crippen molar-refractivity contribution in [3.8, 4) is 0 Å². The summed E-state index contributed by atoms with van der Waals surface area (Å²) >= 11 is 0. The zero-order chi connectivity index (χ0) is 17.5. The molecule has 25 heavy (non-hydrogen) atoms. The third-order valence-electron chi connectivity index (χ3n) is 4.85. The van der Waals surface area contributed by atoms with Gasteiger partial charge in [0.2, 0.25) is 0 Å². The van der Waals surface area contributed by atoms with E-state index >= 15 is 0 Å². The molecule has 1 aliphatic carbocycles. The van der Waals surface area contributed by atoms with Crippen LogP contribution in [0.15, 0.2) is 42.6 Å². The summed E-state index contributed by atoms with van der Waals surface area (Å²) in [6, 6.07) is 4.03. The lowest BCUT2D eigenvalue weighted by Crippen LogP contribution is -2.19. The molecule has 1 unspecified atom stereocenters. The second-order valence-corrected chi connectivity index (χ2v) is 6.70. The molecule has 0 radical (unpaired) electrons. The Morgan fingerprint density at radius 2 is 2.08 bits per heavy atom. The lowest BCUT2D eigenvalue weighted by atomic mass is 9.95. The van der Waals surface area contributed by atoms with E-state index < -0.39 is 0 Å². The van der Waals surface area contributed by atoms with Gasteiger partial charge in [-0.15, -0.1) is 5.10 Å². The number of aliphatic hydroxyl groups is 1. The first-order valence-electron chi connectivity index (χ1n) is 9.29. The largest absolute Gasteiger partial charge is 0.396 e. The summed E-state index contributed by atoms with van der Waals surface area (Å²) in [4.78, 5) is 2.47. The van der Waals surface area contributed by atoms with Gasteiger partial charge in [-0.2, -0.15) is 5.10 Å². The highest BCUT2D eigenvalue weighted by Gasteiger charge is 2.18. The molecule has 1 aromatic heterocycles. The molecule has 1 saturated heterocycles. The number of aliphatic hydroxyl groups excluding tert-OH is 1. The van der Waals surface area contributed by atoms with Crippen molar-refractivity contribution in [3.63, 3.8) is 0 Å². The zero-order valence-corrected chi connectivity index (χ0v) is 14.8. The molecule has 1 fully saturated rings. The fourth-order valence-electron chi connectivity index (χ4n) is 3.31. The summed E-state index contributed by atoms with van der Waals surface area (Å²) in [7, 11) is 0. The Morgan fingerprint density at radius 1 is 1.24 bits per heavy atom. The van der Waals surface area contributed by atoms with Gasteiger partial charge in [0.1, 0.15) is 5.69 Å². The van der Waals surface area contributed by atoms with Crippen LogP contribution < -0.4 is 5.32 Å². The predicted molar refractivity (Wildman–Crippen MR) is 101 cm³/mol. The first-order valence-corrected chi connectivity index (χ1v) is 9.29. The first-order chi connectivity index (χ1) is 12.3. The van der Waals surface area contributed by atoms with Gasteiger partial charge in [0.15, 0.2) is 0 Å². The lowest BCUT2D eigenvalue weighted by molar-refractivity contribution is 0.284. The number of unbranched alkanes of at least 4 members (excludes halogenated alkanes) is 1. The number of allylic oxidation sites excluding steroid dienone is 3. The van der Waals surface area contributed by atoms with Crippen molar-refractivity contribution < 1.29 is 5.11 Å². The smallest absolute Gasteiger partial charge is 0.108 e. The van der Waals surface area contributed by atoms with Crippen molar-refractivity contribution in [2.24, 2.45) is 0 Å². The van der Waals surface area contributed by atoms with Crippen molar-refractivity contribution >= 4 is 5.70 Å². The second kappa shape index (κ2) is 8.81. The molecule has 5 nitrogen and oxygen atoms in total. The Labute approximate surface area is 150 Å². The molecule has 3 rings (SSSR count). The summed E-state index contributed by atoms with van der Waals surface area (Å²) < 4.78 is 0. The van der Waals surface area contributed by atoms with E-state index in [9.17, 15) is 0 Å². The molecule has 2 N–H and O–H groups in total. The monoisotopic (exact) mass is 340 g/mol. The van der Waals surface area contributed by atoms with Crippen molar-refractivity contribution in [3.05, 3.63) is 54.0 Å². The molecule has 1 atom stereocenters. The lowest BCUT2D eigenvalue weighted by Gasteiger charge is -2.23. The highest BCUT2D eigenvalue weighted by Crippen LogP contribution is 2.28. The Kier molecular flexibility index (Phi) is 6.23. The number of nitrogens with zero attached hydrogens (tertiary/aromatic N) is 3. The highest BCUT2D eigenvalue weighted by atomic mass is 16.2. The first kappa shape index (κ1) is 17.7. The minimum atomic E-state index is 0.228. The number of aromatic nitrogens is 2. The van der Waals surface area contributed by atoms with Crippen LogP contribution in [-0.4, -0.2) is 46.4 Å². The molecule has 134 valence electrons. The average molecular weight is 340 g/mol. The van der Waals surface area contributed by atoms with E-state index in [1.807, 2.05) is 12.1 Å². The molecule has 2 heterocycles. The van der Waals surface area contributed by atoms with Gasteiger partial charge >= 0.3 is 0 Å². The highest BCUT2D eigenvalue weighted by molar-refractivity contribution is 5.57. The maximum absolute atomic E-state index is 8.80. The van der Waals surface area contributed by atoms with E-state index in [4.69, 9.17) is 5.11 Å². The van der Waals surface area contributed by atoms with Crippen molar-refractivity contribution in [2.45, 2.75) is 38.0 Å². The van der Waals surface area contributed by atoms with E-state index in [-0.39, 0.29) is 6.61 Å². The van der Waals surface area contributed by atoms with Crippen LogP contribution in [0.2, 0.25) is 0 Å². The third-order valence-corrected chi connectivity index (χ3v) is 4.85. The van der Waals surface area contributed by atoms with Gasteiger partial charge in [0.05, 0.1) is 11.4 Å². The van der Waals surface area contributed by atoms with Crippen molar-refractivity contribution in [1.29, 1.82) is 0 Å². The van der Waals surface area contributed by atoms with Gasteiger partial charge in [-0.1, -0.05) is 18.7 Å². The Balaban J connectivity index is 1.52. The Bertz CT molecular complexity index is 630. The number of likely N-dealkylation sites (tertiary alicyclic amines) is 1. The molecule has 0 spiro atoms. The van der Waals surface area contributed by atoms with Gasteiger partial charge in [-0.05, 0) is 50.3 Å². The number of rotatable bonds is 8. The minimum absolute atomic E-state index is 0.228. The third kappa shape index (κ3) is 4.69. The van der Waals surface area contributed by atoms with E-state index in [2.05, 4.69) is 45.2 Å². The average Bonchev–Trinajstić information content (AvgIpc) is 3.20. The maximum atomic E-state index is 8.80. The zero-order valence-electron chi connectivity index (χ0n) is 14.8. The van der Waals surface area contributed by atoms with Gasteiger partial charge in [-0.3, -0.25) is 0 Å². The molecular weight excluding hydrogens is 312 g/mol. The van der Waals surface area contributed by atoms with Crippen LogP contribution in [0.5, 0.6) is 0 Å². The Hall–Kier alpha value is -2.14. The molecule has 2 aliphatic rings. The Morgan fingerprint density at radius 3 is 2.72 bits per heavy atom. The summed E-state index contributed by atoms with van der Waals surface area (Å²) in [5.41, 5.74) is 3.93. The van der Waals surface area contributed by atoms with E-state index in [0.29, 0.717) is 5.92 Å². The van der Waals surface area contributed by atoms with Gasteiger partial charge < -0.3 is 15.3 Å². The minimum Gasteiger partial charge on any atom is -0.396 e. The summed E-state index contributed by atoms with van der Waals surface area (Å²) in [6.07, 6.45) is 12.1. The van der Waals surface area contributed by atoms with Crippen LogP contribution in [0.25, 0.3) is 5.70 Å². The number of hydrogen-bond donors (Lipinski definition) is 2. The number of nitrogens with one attached hydrogen (secondary N) is 1. The molecule has 0 amide bonds. The molecule has 0 aromatic carbocycles. The summed E-state index contributed by atoms with van der Waals surface area (Å²) in [5.74, 6) is 0.304. The van der Waals surface area contributed by atoms with Gasteiger partial charge in [-0.25, -0.2) is 0 Å². The summed E-state index contributed by atoms with van der Waals surface area (Å²) in [5, 5.41) is 20.8. The molecule has 5 heteroatoms. The van der Waals surface area contributed by atoms with Crippen LogP contribution in [-0.2, 0) is 0 Å². The quantitative estimate of drug-likeness (QED) is 0.713. The van der Waals surface area contributed by atoms with E-state index in [1.54, 1.807) is 0 Å². The molecule has 1 aromatic rings. The SMILES string of the molecule is C=C(NCCCCO)c1ccc(C2C=CC(N3CCCC3)=CC2)nn1. The number of hydrogen-bond acceptors (Lipinski definition) is 5. The molecule has 0 saturated carbocycles. The van der Waals surface area contributed by atoms with Crippen molar-refractivity contribution in [2.75, 3.05) is 26.2 Å². The molecule has 0 bridgehead atoms. The fraction of sp³-hybridized carbons (Fsp3) is 0.500.